The maximum atomic E-state index is 0. The van der Waals surface area contributed by atoms with E-state index >= 15 is 0 Å². The summed E-state index contributed by atoms with van der Waals surface area (Å²) in [5.41, 5.74) is 0. The van der Waals surface area contributed by atoms with E-state index < -0.39 is 0 Å². The Morgan fingerprint density at radius 1 is 0.600 bits per heavy atom. The van der Waals surface area contributed by atoms with Gasteiger partial charge in [0.15, 0.2) is 0 Å². The molecule has 3 nitrogen and oxygen atoms in total. The van der Waals surface area contributed by atoms with Crippen LogP contribution in [0.25, 0.3) is 0 Å². The summed E-state index contributed by atoms with van der Waals surface area (Å²) < 4.78 is 0. The van der Waals surface area contributed by atoms with Gasteiger partial charge in [0.05, 0.1) is 0 Å². The Labute approximate surface area is 77.2 Å². The molecule has 0 atom stereocenters. The predicted molar refractivity (Wildman–Crippen MR) is 2.06 cm³/mol. The van der Waals surface area contributed by atoms with Crippen molar-refractivity contribution in [2.24, 2.45) is 0 Å². The topological polar surface area (TPSA) is 85.5 Å². The van der Waals surface area contributed by atoms with Gasteiger partial charge in [0.2, 0.25) is 0 Å². The fourth-order valence-electron chi connectivity index (χ4n) is 0. The molecule has 31 valence electrons. The second kappa shape index (κ2) is 39.1. The van der Waals surface area contributed by atoms with Crippen LogP contribution < -0.4 is 0 Å². The van der Waals surface area contributed by atoms with Crippen LogP contribution in [0, 0.1) is 41.7 Å². The number of hydrogen-bond acceptors (Lipinski definition) is 0. The van der Waals surface area contributed by atoms with Gasteiger partial charge < -0.3 is 16.4 Å². The maximum Gasteiger partial charge on any atom is 3.00 e. The molecule has 0 bridgehead atoms. The van der Waals surface area contributed by atoms with Crippen LogP contribution in [0.5, 0.6) is 0 Å². The summed E-state index contributed by atoms with van der Waals surface area (Å²) >= 11 is 0. The first-order valence-corrected chi connectivity index (χ1v) is 0. The molecule has 0 aliphatic heterocycles. The molecule has 0 amide bonds. The molecule has 5 heteroatoms. The third kappa shape index (κ3) is 24.8. The molecule has 0 saturated carbocycles. The van der Waals surface area contributed by atoms with Crippen molar-refractivity contribution < 1.29 is 78.3 Å². The average Bonchev–Trinajstić information content (AvgIpc) is 0. The van der Waals surface area contributed by atoms with Crippen LogP contribution in [-0.2, 0) is 36.5 Å². The molecule has 0 spiro atoms. The van der Waals surface area contributed by atoms with E-state index in [0.717, 1.165) is 0 Å². The largest absolute Gasteiger partial charge is 3.00 e. The van der Waals surface area contributed by atoms with Crippen molar-refractivity contribution in [3.63, 3.8) is 0 Å². The third-order valence-corrected chi connectivity index (χ3v) is 0. The summed E-state index contributed by atoms with van der Waals surface area (Å²) in [5.74, 6) is 0. The molecular weight excluding hydrogens is 380 g/mol. The fourth-order valence-corrected chi connectivity index (χ4v) is 0. The third-order valence-electron chi connectivity index (χ3n) is 0. The summed E-state index contributed by atoms with van der Waals surface area (Å²) in [4.78, 5) is 0. The van der Waals surface area contributed by atoms with Gasteiger partial charge >= 0.3 is 61.9 Å². The molecule has 0 rings (SSSR count). The van der Waals surface area contributed by atoms with E-state index in [9.17, 15) is 0 Å². The smallest absolute Gasteiger partial charge is 2.00 e. The summed E-state index contributed by atoms with van der Waals surface area (Å²) in [6.07, 6.45) is 0. The van der Waals surface area contributed by atoms with Crippen LogP contribution in [0.1, 0.15) is 0 Å². The molecule has 1 radical (unpaired) electrons. The van der Waals surface area contributed by atoms with Crippen molar-refractivity contribution in [2.45, 2.75) is 0 Å². The molecule has 0 aromatic heterocycles. The van der Waals surface area contributed by atoms with Crippen molar-refractivity contribution >= 4 is 0 Å². The molecule has 0 fully saturated rings. The van der Waals surface area contributed by atoms with Crippen LogP contribution in [0.4, 0.5) is 0 Å². The minimum absolute atomic E-state index is 0. The Hall–Kier alpha value is 1.91. The molecule has 0 aliphatic rings. The monoisotopic (exact) mass is 381 g/mol. The van der Waals surface area contributed by atoms with Gasteiger partial charge in [0, 0.05) is 0 Å². The molecule has 0 saturated heterocycles. The summed E-state index contributed by atoms with van der Waals surface area (Å²) in [6, 6.07) is 0. The minimum atomic E-state index is 0. The zero-order valence-electron chi connectivity index (χ0n) is 2.06. The van der Waals surface area contributed by atoms with E-state index in [2.05, 4.69) is 0 Å². The Morgan fingerprint density at radius 3 is 0.600 bits per heavy atom. The Morgan fingerprint density at radius 2 is 0.600 bits per heavy atom. The minimum Gasteiger partial charge on any atom is -2.00 e. The van der Waals surface area contributed by atoms with E-state index in [0.29, 0.717) is 0 Å². The second-order valence-electron chi connectivity index (χ2n) is 0. The Balaban J connectivity index is 0. The van der Waals surface area contributed by atoms with E-state index in [1.54, 1.807) is 0 Å². The molecular formula is CeIrO3. The van der Waals surface area contributed by atoms with Gasteiger partial charge in [-0.1, -0.05) is 0 Å². The molecule has 0 unspecified atom stereocenters. The summed E-state index contributed by atoms with van der Waals surface area (Å²) in [5, 5.41) is 0. The van der Waals surface area contributed by atoms with Crippen LogP contribution in [0.15, 0.2) is 0 Å². The van der Waals surface area contributed by atoms with Crippen molar-refractivity contribution in [3.8, 4) is 0 Å². The zero-order valence-corrected chi connectivity index (χ0v) is 7.59. The maximum absolute atomic E-state index is 0. The molecule has 0 heterocycles. The van der Waals surface area contributed by atoms with Gasteiger partial charge in [-0.25, -0.2) is 0 Å². The van der Waals surface area contributed by atoms with Crippen molar-refractivity contribution in [1.29, 1.82) is 0 Å². The Bertz CT molecular complexity index is 6.85. The number of rotatable bonds is 0. The molecule has 0 aliphatic carbocycles. The quantitative estimate of drug-likeness (QED) is 0.550. The molecule has 0 aromatic rings. The van der Waals surface area contributed by atoms with E-state index in [-0.39, 0.29) is 78.3 Å². The summed E-state index contributed by atoms with van der Waals surface area (Å²) in [6.45, 7) is 0. The first kappa shape index (κ1) is 66.3. The molecule has 0 aromatic carbocycles. The molecule has 5 heavy (non-hydrogen) atoms. The Kier molecular flexibility index (Phi) is 519. The number of hydrogen-bond donors (Lipinski definition) is 0. The average molecular weight is 380 g/mol. The van der Waals surface area contributed by atoms with Gasteiger partial charge in [-0.15, -0.1) is 0 Å². The van der Waals surface area contributed by atoms with Crippen molar-refractivity contribution in [1.82, 2.24) is 0 Å². The first-order chi connectivity index (χ1) is 0. The summed E-state index contributed by atoms with van der Waals surface area (Å²) in [7, 11) is 0. The van der Waals surface area contributed by atoms with E-state index in [1.165, 1.54) is 0 Å². The van der Waals surface area contributed by atoms with Gasteiger partial charge in [0.1, 0.15) is 0 Å². The normalized spacial score (nSPS) is 0. The van der Waals surface area contributed by atoms with Gasteiger partial charge in [-0.3, -0.25) is 0 Å². The van der Waals surface area contributed by atoms with Gasteiger partial charge in [-0.2, -0.15) is 0 Å². The van der Waals surface area contributed by atoms with Crippen molar-refractivity contribution in [2.75, 3.05) is 0 Å². The standard InChI is InChI=1S/Ce.Ir.3O/q2*+3;3*-2. The fraction of sp³-hybridized carbons (Fsp3) is 0. The van der Waals surface area contributed by atoms with Gasteiger partial charge in [-0.05, 0) is 0 Å². The van der Waals surface area contributed by atoms with Crippen LogP contribution in [-0.4, -0.2) is 0 Å². The zero-order chi connectivity index (χ0) is 0. The van der Waals surface area contributed by atoms with Crippen LogP contribution in [0.2, 0.25) is 0 Å². The SMILES string of the molecule is [Ce+3].[Ir+3].[O-2].[O-2].[O-2]. The van der Waals surface area contributed by atoms with E-state index in [4.69, 9.17) is 0 Å². The second-order valence-corrected chi connectivity index (χ2v) is 0. The van der Waals surface area contributed by atoms with Gasteiger partial charge in [0.25, 0.3) is 0 Å². The molecule has 0 N–H and O–H groups in total. The van der Waals surface area contributed by atoms with Crippen molar-refractivity contribution in [3.05, 3.63) is 0 Å². The van der Waals surface area contributed by atoms with Crippen LogP contribution >= 0.6 is 0 Å². The first-order valence-electron chi connectivity index (χ1n) is 0. The van der Waals surface area contributed by atoms with E-state index in [1.807, 2.05) is 0 Å². The van der Waals surface area contributed by atoms with Crippen LogP contribution in [0.3, 0.4) is 0 Å². The predicted octanol–water partition coefficient (Wildman–Crippen LogP) is -0.359.